The number of rotatable bonds is 5. The van der Waals surface area contributed by atoms with Crippen LogP contribution in [-0.4, -0.2) is 40.6 Å². The van der Waals surface area contributed by atoms with Crippen LogP contribution >= 0.6 is 0 Å². The van der Waals surface area contributed by atoms with Gasteiger partial charge in [0.05, 0.1) is 5.56 Å². The zero-order valence-corrected chi connectivity index (χ0v) is 13.4. The van der Waals surface area contributed by atoms with Crippen molar-refractivity contribution in [2.45, 2.75) is 39.0 Å². The van der Waals surface area contributed by atoms with Gasteiger partial charge in [-0.25, -0.2) is 4.79 Å². The minimum Gasteiger partial charge on any atom is -0.478 e. The number of hydrogen-bond donors (Lipinski definition) is 2. The fraction of sp³-hybridized carbons (Fsp3) is 0.500. The van der Waals surface area contributed by atoms with Gasteiger partial charge in [0.2, 0.25) is 0 Å². The van der Waals surface area contributed by atoms with Crippen molar-refractivity contribution in [1.29, 1.82) is 0 Å². The summed E-state index contributed by atoms with van der Waals surface area (Å²) in [6.07, 6.45) is 5.63. The maximum absolute atomic E-state index is 11.4. The molecule has 0 radical (unpaired) electrons. The molecule has 2 N–H and O–H groups in total. The smallest absolute Gasteiger partial charge is 0.335 e. The average molecular weight is 300 g/mol. The number of fused-ring (bicyclic) bond motifs is 1. The lowest BCUT2D eigenvalue weighted by molar-refractivity contribution is 0.0697. The van der Waals surface area contributed by atoms with E-state index in [1.165, 1.54) is 31.5 Å². The van der Waals surface area contributed by atoms with Crippen LogP contribution in [0.3, 0.4) is 0 Å². The van der Waals surface area contributed by atoms with Crippen molar-refractivity contribution in [3.05, 3.63) is 35.0 Å². The Balaban J connectivity index is 1.95. The lowest BCUT2D eigenvalue weighted by Gasteiger charge is -2.14. The second kappa shape index (κ2) is 6.13. The number of hydrogen-bond acceptors (Lipinski definition) is 2. The fourth-order valence-electron chi connectivity index (χ4n) is 3.39. The van der Waals surface area contributed by atoms with E-state index in [0.29, 0.717) is 11.5 Å². The fourth-order valence-corrected chi connectivity index (χ4v) is 3.39. The van der Waals surface area contributed by atoms with Crippen LogP contribution in [0.25, 0.3) is 10.9 Å². The van der Waals surface area contributed by atoms with Gasteiger partial charge in [0.15, 0.2) is 0 Å². The Kier molecular flexibility index (Phi) is 4.21. The van der Waals surface area contributed by atoms with Gasteiger partial charge in [-0.2, -0.15) is 0 Å². The third kappa shape index (κ3) is 2.88. The first-order chi connectivity index (χ1) is 10.6. The average Bonchev–Trinajstić information content (AvgIpc) is 3.13. The maximum atomic E-state index is 11.4. The molecule has 4 nitrogen and oxygen atoms in total. The largest absolute Gasteiger partial charge is 0.478 e. The van der Waals surface area contributed by atoms with Gasteiger partial charge in [0.1, 0.15) is 0 Å². The summed E-state index contributed by atoms with van der Waals surface area (Å²) in [6.45, 7) is 7.65. The molecule has 1 aromatic heterocycles. The van der Waals surface area contributed by atoms with Crippen LogP contribution < -0.4 is 0 Å². The van der Waals surface area contributed by atoms with Gasteiger partial charge in [-0.15, -0.1) is 0 Å². The molecule has 0 saturated carbocycles. The van der Waals surface area contributed by atoms with Crippen LogP contribution in [0, 0.1) is 0 Å². The third-order valence-electron chi connectivity index (χ3n) is 4.67. The first-order valence-electron chi connectivity index (χ1n) is 8.16. The summed E-state index contributed by atoms with van der Waals surface area (Å²) < 4.78 is 0. The summed E-state index contributed by atoms with van der Waals surface area (Å²) in [5, 5.41) is 10.4. The molecule has 1 fully saturated rings. The molecule has 118 valence electrons. The number of nitrogens with zero attached hydrogens (tertiary/aromatic N) is 1. The van der Waals surface area contributed by atoms with Gasteiger partial charge < -0.3 is 15.0 Å². The number of nitrogens with one attached hydrogen (secondary N) is 1. The van der Waals surface area contributed by atoms with Crippen molar-refractivity contribution in [2.24, 2.45) is 0 Å². The van der Waals surface area contributed by atoms with Crippen molar-refractivity contribution < 1.29 is 9.90 Å². The molecular weight excluding hydrogens is 276 g/mol. The highest BCUT2D eigenvalue weighted by molar-refractivity contribution is 5.96. The van der Waals surface area contributed by atoms with Gasteiger partial charge in [0.25, 0.3) is 0 Å². The third-order valence-corrected chi connectivity index (χ3v) is 4.67. The highest BCUT2D eigenvalue weighted by Gasteiger charge is 2.16. The van der Waals surface area contributed by atoms with Crippen molar-refractivity contribution in [3.8, 4) is 0 Å². The SMILES string of the molecule is CC(C)c1cc(C(=O)O)cc2c(CCN3CCCC3)c[nH]c12. The van der Waals surface area contributed by atoms with Gasteiger partial charge >= 0.3 is 5.97 Å². The molecule has 1 aliphatic heterocycles. The monoisotopic (exact) mass is 300 g/mol. The predicted molar refractivity (Wildman–Crippen MR) is 88.7 cm³/mol. The molecule has 0 bridgehead atoms. The van der Waals surface area contributed by atoms with Gasteiger partial charge in [-0.3, -0.25) is 0 Å². The Morgan fingerprint density at radius 2 is 2.05 bits per heavy atom. The van der Waals surface area contributed by atoms with E-state index in [4.69, 9.17) is 0 Å². The van der Waals surface area contributed by atoms with Gasteiger partial charge in [-0.05, 0) is 61.5 Å². The van der Waals surface area contributed by atoms with E-state index in [1.807, 2.05) is 6.07 Å². The van der Waals surface area contributed by atoms with Crippen molar-refractivity contribution in [2.75, 3.05) is 19.6 Å². The standard InChI is InChI=1S/C18H24N2O2/c1-12(2)15-9-14(18(21)22)10-16-13(11-19-17(15)16)5-8-20-6-3-4-7-20/h9-12,19H,3-8H2,1-2H3,(H,21,22). The molecule has 4 heteroatoms. The van der Waals surface area contributed by atoms with Crippen molar-refractivity contribution in [3.63, 3.8) is 0 Å². The number of aromatic amines is 1. The summed E-state index contributed by atoms with van der Waals surface area (Å²) in [6, 6.07) is 3.62. The number of likely N-dealkylation sites (tertiary alicyclic amines) is 1. The summed E-state index contributed by atoms with van der Waals surface area (Å²) >= 11 is 0. The Hall–Kier alpha value is -1.81. The normalized spacial score (nSPS) is 16.0. The first kappa shape index (κ1) is 15.1. The van der Waals surface area contributed by atoms with Crippen molar-refractivity contribution in [1.82, 2.24) is 9.88 Å². The molecule has 0 aliphatic carbocycles. The van der Waals surface area contributed by atoms with Crippen LogP contribution in [0.5, 0.6) is 0 Å². The molecule has 1 saturated heterocycles. The molecule has 0 spiro atoms. The van der Waals surface area contributed by atoms with E-state index in [0.717, 1.165) is 29.4 Å². The molecule has 22 heavy (non-hydrogen) atoms. The highest BCUT2D eigenvalue weighted by atomic mass is 16.4. The lowest BCUT2D eigenvalue weighted by Crippen LogP contribution is -2.21. The lowest BCUT2D eigenvalue weighted by atomic mass is 9.96. The second-order valence-electron chi connectivity index (χ2n) is 6.56. The Bertz CT molecular complexity index is 682. The molecular formula is C18H24N2O2. The second-order valence-corrected chi connectivity index (χ2v) is 6.56. The summed E-state index contributed by atoms with van der Waals surface area (Å²) in [5.41, 5.74) is 3.80. The Labute approximate surface area is 131 Å². The van der Waals surface area contributed by atoms with E-state index < -0.39 is 5.97 Å². The van der Waals surface area contributed by atoms with Crippen LogP contribution in [0.1, 0.15) is 54.1 Å². The predicted octanol–water partition coefficient (Wildman–Crippen LogP) is 3.63. The number of aromatic nitrogens is 1. The van der Waals surface area contributed by atoms with Crippen molar-refractivity contribution >= 4 is 16.9 Å². The molecule has 2 aromatic rings. The first-order valence-corrected chi connectivity index (χ1v) is 8.16. The molecule has 3 rings (SSSR count). The number of H-pyrrole nitrogens is 1. The van der Waals surface area contributed by atoms with Gasteiger partial charge in [-0.1, -0.05) is 13.8 Å². The number of carbonyl (C=O) groups is 1. The molecule has 0 unspecified atom stereocenters. The molecule has 0 atom stereocenters. The quantitative estimate of drug-likeness (QED) is 0.886. The topological polar surface area (TPSA) is 56.3 Å². The maximum Gasteiger partial charge on any atom is 0.335 e. The number of aromatic carboxylic acids is 1. The minimum atomic E-state index is -0.851. The zero-order valence-electron chi connectivity index (χ0n) is 13.4. The van der Waals surface area contributed by atoms with Crippen LogP contribution in [0.15, 0.2) is 18.3 Å². The molecule has 1 aliphatic rings. The molecule has 1 aromatic carbocycles. The van der Waals surface area contributed by atoms with Gasteiger partial charge in [0, 0.05) is 23.6 Å². The van der Waals surface area contributed by atoms with E-state index in [1.54, 1.807) is 6.07 Å². The van der Waals surface area contributed by atoms with Crippen LogP contribution in [0.2, 0.25) is 0 Å². The van der Waals surface area contributed by atoms with E-state index in [2.05, 4.69) is 29.9 Å². The van der Waals surface area contributed by atoms with Crippen LogP contribution in [0.4, 0.5) is 0 Å². The number of benzene rings is 1. The van der Waals surface area contributed by atoms with E-state index >= 15 is 0 Å². The number of carboxylic acid groups (broad SMARTS) is 1. The van der Waals surface area contributed by atoms with Crippen LogP contribution in [-0.2, 0) is 6.42 Å². The molecule has 0 amide bonds. The molecule has 2 heterocycles. The summed E-state index contributed by atoms with van der Waals surface area (Å²) in [7, 11) is 0. The van der Waals surface area contributed by atoms with E-state index in [9.17, 15) is 9.90 Å². The number of carboxylic acids is 1. The zero-order chi connectivity index (χ0) is 15.7. The summed E-state index contributed by atoms with van der Waals surface area (Å²) in [5.74, 6) is -0.553. The minimum absolute atomic E-state index is 0.298. The summed E-state index contributed by atoms with van der Waals surface area (Å²) in [4.78, 5) is 17.3. The van der Waals surface area contributed by atoms with E-state index in [-0.39, 0.29) is 0 Å². The Morgan fingerprint density at radius 3 is 2.68 bits per heavy atom. The highest BCUT2D eigenvalue weighted by Crippen LogP contribution is 2.29. The Morgan fingerprint density at radius 1 is 1.32 bits per heavy atom.